The van der Waals surface area contributed by atoms with Gasteiger partial charge in [0.15, 0.2) is 0 Å². The van der Waals surface area contributed by atoms with Gasteiger partial charge < -0.3 is 9.84 Å². The number of aliphatic hydroxyl groups excluding tert-OH is 1. The molecular weight excluding hydrogens is 216 g/mol. The van der Waals surface area contributed by atoms with Crippen LogP contribution in [0.4, 0.5) is 0 Å². The first kappa shape index (κ1) is 13.7. The van der Waals surface area contributed by atoms with Crippen LogP contribution in [0, 0.1) is 5.92 Å². The average Bonchev–Trinajstić information content (AvgIpc) is 2.38. The van der Waals surface area contributed by atoms with E-state index in [0.717, 1.165) is 18.4 Å². The predicted octanol–water partition coefficient (Wildman–Crippen LogP) is 2.70. The monoisotopic (exact) mass is 236 g/mol. The van der Waals surface area contributed by atoms with Gasteiger partial charge >= 0.3 is 5.97 Å². The second-order valence-corrected chi connectivity index (χ2v) is 4.28. The van der Waals surface area contributed by atoms with E-state index < -0.39 is 6.10 Å². The molecule has 0 radical (unpaired) electrons. The SMILES string of the molecule is COC(=O)[C@@H](C)CCC[C@@H](O)c1ccccc1. The molecule has 3 heteroatoms. The van der Waals surface area contributed by atoms with Crippen molar-refractivity contribution >= 4 is 5.97 Å². The molecule has 3 nitrogen and oxygen atoms in total. The number of hydrogen-bond acceptors (Lipinski definition) is 3. The molecule has 0 aliphatic rings. The van der Waals surface area contributed by atoms with E-state index in [1.807, 2.05) is 37.3 Å². The zero-order chi connectivity index (χ0) is 12.7. The van der Waals surface area contributed by atoms with Crippen molar-refractivity contribution in [1.82, 2.24) is 0 Å². The summed E-state index contributed by atoms with van der Waals surface area (Å²) < 4.78 is 4.65. The van der Waals surface area contributed by atoms with E-state index in [0.29, 0.717) is 6.42 Å². The number of esters is 1. The molecule has 0 unspecified atom stereocenters. The summed E-state index contributed by atoms with van der Waals surface area (Å²) in [6, 6.07) is 9.57. The molecule has 0 aliphatic carbocycles. The summed E-state index contributed by atoms with van der Waals surface area (Å²) in [6.45, 7) is 1.85. The minimum Gasteiger partial charge on any atom is -0.469 e. The van der Waals surface area contributed by atoms with Crippen molar-refractivity contribution in [2.45, 2.75) is 32.3 Å². The predicted molar refractivity (Wildman–Crippen MR) is 66.4 cm³/mol. The van der Waals surface area contributed by atoms with Crippen LogP contribution in [-0.4, -0.2) is 18.2 Å². The fraction of sp³-hybridized carbons (Fsp3) is 0.500. The van der Waals surface area contributed by atoms with Gasteiger partial charge in [-0.3, -0.25) is 4.79 Å². The zero-order valence-electron chi connectivity index (χ0n) is 10.4. The first-order valence-corrected chi connectivity index (χ1v) is 5.96. The highest BCUT2D eigenvalue weighted by Crippen LogP contribution is 2.20. The van der Waals surface area contributed by atoms with Crippen molar-refractivity contribution in [3.8, 4) is 0 Å². The third-order valence-electron chi connectivity index (χ3n) is 2.90. The lowest BCUT2D eigenvalue weighted by atomic mass is 9.99. The molecule has 0 spiro atoms. The van der Waals surface area contributed by atoms with Crippen LogP contribution >= 0.6 is 0 Å². The second-order valence-electron chi connectivity index (χ2n) is 4.28. The third kappa shape index (κ3) is 4.57. The topological polar surface area (TPSA) is 46.5 Å². The van der Waals surface area contributed by atoms with Crippen molar-refractivity contribution in [3.05, 3.63) is 35.9 Å². The Kier molecular flexibility index (Phi) is 5.70. The molecule has 2 atom stereocenters. The number of carbonyl (C=O) groups is 1. The fourth-order valence-electron chi connectivity index (χ4n) is 1.78. The number of aliphatic hydroxyl groups is 1. The van der Waals surface area contributed by atoms with Crippen molar-refractivity contribution in [1.29, 1.82) is 0 Å². The summed E-state index contributed by atoms with van der Waals surface area (Å²) in [4.78, 5) is 11.2. The molecule has 0 fully saturated rings. The fourth-order valence-corrected chi connectivity index (χ4v) is 1.78. The minimum absolute atomic E-state index is 0.0945. The van der Waals surface area contributed by atoms with Crippen LogP contribution in [0.1, 0.15) is 37.9 Å². The number of benzene rings is 1. The van der Waals surface area contributed by atoms with Gasteiger partial charge in [0.05, 0.1) is 19.1 Å². The summed E-state index contributed by atoms with van der Waals surface area (Å²) in [5.74, 6) is -0.276. The van der Waals surface area contributed by atoms with Crippen LogP contribution in [0.5, 0.6) is 0 Å². The minimum atomic E-state index is -0.443. The smallest absolute Gasteiger partial charge is 0.308 e. The highest BCUT2D eigenvalue weighted by Gasteiger charge is 2.14. The summed E-state index contributed by atoms with van der Waals surface area (Å²) in [7, 11) is 1.40. The Hall–Kier alpha value is -1.35. The number of rotatable bonds is 6. The molecular formula is C14H20O3. The summed E-state index contributed by atoms with van der Waals surface area (Å²) in [6.07, 6.45) is 1.79. The Morgan fingerprint density at radius 1 is 1.29 bits per heavy atom. The van der Waals surface area contributed by atoms with Gasteiger partial charge in [-0.05, 0) is 24.8 Å². The van der Waals surface area contributed by atoms with Gasteiger partial charge in [-0.25, -0.2) is 0 Å². The lowest BCUT2D eigenvalue weighted by Gasteiger charge is -2.12. The maximum Gasteiger partial charge on any atom is 0.308 e. The van der Waals surface area contributed by atoms with Gasteiger partial charge in [-0.1, -0.05) is 37.3 Å². The van der Waals surface area contributed by atoms with Crippen LogP contribution in [0.2, 0.25) is 0 Å². The summed E-state index contributed by atoms with van der Waals surface area (Å²) in [5.41, 5.74) is 0.929. The molecule has 1 aromatic rings. The maximum absolute atomic E-state index is 11.2. The molecule has 0 saturated carbocycles. The summed E-state index contributed by atoms with van der Waals surface area (Å²) >= 11 is 0. The molecule has 0 saturated heterocycles. The van der Waals surface area contributed by atoms with Crippen LogP contribution in [0.25, 0.3) is 0 Å². The van der Waals surface area contributed by atoms with Gasteiger partial charge in [0.25, 0.3) is 0 Å². The Labute approximate surface area is 102 Å². The molecule has 0 amide bonds. The Bertz CT molecular complexity index is 335. The highest BCUT2D eigenvalue weighted by atomic mass is 16.5. The first-order valence-electron chi connectivity index (χ1n) is 5.96. The van der Waals surface area contributed by atoms with Gasteiger partial charge in [-0.2, -0.15) is 0 Å². The highest BCUT2D eigenvalue weighted by molar-refractivity contribution is 5.71. The van der Waals surface area contributed by atoms with E-state index in [4.69, 9.17) is 0 Å². The normalized spacial score (nSPS) is 14.1. The van der Waals surface area contributed by atoms with E-state index in [1.54, 1.807) is 0 Å². The quantitative estimate of drug-likeness (QED) is 0.772. The van der Waals surface area contributed by atoms with Crippen molar-refractivity contribution in [3.63, 3.8) is 0 Å². The van der Waals surface area contributed by atoms with E-state index in [1.165, 1.54) is 7.11 Å². The Morgan fingerprint density at radius 3 is 2.53 bits per heavy atom. The van der Waals surface area contributed by atoms with Crippen LogP contribution in [-0.2, 0) is 9.53 Å². The molecule has 0 bridgehead atoms. The third-order valence-corrected chi connectivity index (χ3v) is 2.90. The molecule has 0 aromatic heterocycles. The second kappa shape index (κ2) is 7.07. The van der Waals surface area contributed by atoms with Crippen molar-refractivity contribution < 1.29 is 14.6 Å². The molecule has 1 aromatic carbocycles. The largest absolute Gasteiger partial charge is 0.469 e. The van der Waals surface area contributed by atoms with Crippen LogP contribution in [0.15, 0.2) is 30.3 Å². The number of carbonyl (C=O) groups excluding carboxylic acids is 1. The maximum atomic E-state index is 11.2. The first-order chi connectivity index (χ1) is 8.15. The molecule has 94 valence electrons. The van der Waals surface area contributed by atoms with Crippen molar-refractivity contribution in [2.75, 3.05) is 7.11 Å². The molecule has 1 N–H and O–H groups in total. The molecule has 0 heterocycles. The number of hydrogen-bond donors (Lipinski definition) is 1. The Morgan fingerprint density at radius 2 is 1.94 bits per heavy atom. The summed E-state index contributed by atoms with van der Waals surface area (Å²) in [5, 5.41) is 9.91. The van der Waals surface area contributed by atoms with Crippen LogP contribution in [0.3, 0.4) is 0 Å². The van der Waals surface area contributed by atoms with E-state index in [-0.39, 0.29) is 11.9 Å². The zero-order valence-corrected chi connectivity index (χ0v) is 10.4. The van der Waals surface area contributed by atoms with Crippen LogP contribution < -0.4 is 0 Å². The standard InChI is InChI=1S/C14H20O3/c1-11(14(16)17-2)7-6-10-13(15)12-8-4-3-5-9-12/h3-5,8-9,11,13,15H,6-7,10H2,1-2H3/t11-,13+/m0/s1. The van der Waals surface area contributed by atoms with E-state index >= 15 is 0 Å². The van der Waals surface area contributed by atoms with Crippen molar-refractivity contribution in [2.24, 2.45) is 5.92 Å². The lowest BCUT2D eigenvalue weighted by Crippen LogP contribution is -2.12. The van der Waals surface area contributed by atoms with E-state index in [9.17, 15) is 9.90 Å². The van der Waals surface area contributed by atoms with Gasteiger partial charge in [0, 0.05) is 0 Å². The van der Waals surface area contributed by atoms with Gasteiger partial charge in [0.2, 0.25) is 0 Å². The number of ether oxygens (including phenoxy) is 1. The van der Waals surface area contributed by atoms with Gasteiger partial charge in [-0.15, -0.1) is 0 Å². The molecule has 17 heavy (non-hydrogen) atoms. The van der Waals surface area contributed by atoms with E-state index in [2.05, 4.69) is 4.74 Å². The van der Waals surface area contributed by atoms with Gasteiger partial charge in [0.1, 0.15) is 0 Å². The lowest BCUT2D eigenvalue weighted by molar-refractivity contribution is -0.145. The average molecular weight is 236 g/mol. The Balaban J connectivity index is 2.30. The molecule has 0 aliphatic heterocycles. The number of methoxy groups -OCH3 is 1. The molecule has 1 rings (SSSR count).